The Hall–Kier alpha value is -1.71. The number of likely N-dealkylation sites (N-methyl/N-ethyl adjacent to an activating group) is 1. The van der Waals surface area contributed by atoms with Gasteiger partial charge in [-0.15, -0.1) is 24.0 Å². The van der Waals surface area contributed by atoms with Gasteiger partial charge in [-0.2, -0.15) is 0 Å². The third-order valence-electron chi connectivity index (χ3n) is 4.33. The molecule has 166 valence electrons. The summed E-state index contributed by atoms with van der Waals surface area (Å²) in [5, 5.41) is 6.66. The molecule has 0 heterocycles. The summed E-state index contributed by atoms with van der Waals surface area (Å²) >= 11 is 0. The second-order valence-electron chi connectivity index (χ2n) is 6.86. The first-order valence-corrected chi connectivity index (χ1v) is 9.95. The monoisotopic (exact) mass is 520 g/mol. The maximum Gasteiger partial charge on any atom is 0.243 e. The predicted molar refractivity (Wildman–Crippen MR) is 130 cm³/mol. The highest BCUT2D eigenvalue weighted by molar-refractivity contribution is 14.0. The van der Waals surface area contributed by atoms with Crippen LogP contribution < -0.4 is 20.1 Å². The molecule has 1 rings (SSSR count). The van der Waals surface area contributed by atoms with Crippen LogP contribution in [0.1, 0.15) is 39.2 Å². The highest BCUT2D eigenvalue weighted by Crippen LogP contribution is 2.28. The zero-order valence-corrected chi connectivity index (χ0v) is 20.9. The Labute approximate surface area is 192 Å². The number of nitrogens with one attached hydrogen (secondary N) is 2. The molecular formula is C21H37IN4O3. The van der Waals surface area contributed by atoms with Crippen LogP contribution in [0.2, 0.25) is 0 Å². The van der Waals surface area contributed by atoms with Gasteiger partial charge in [-0.1, -0.05) is 13.0 Å². The molecule has 0 saturated heterocycles. The van der Waals surface area contributed by atoms with Crippen LogP contribution in [-0.4, -0.2) is 63.7 Å². The summed E-state index contributed by atoms with van der Waals surface area (Å²) in [5.41, 5.74) is 1.20. The minimum atomic E-state index is -0.0214. The minimum absolute atomic E-state index is 0. The van der Waals surface area contributed by atoms with Crippen molar-refractivity contribution in [3.8, 4) is 11.5 Å². The Morgan fingerprint density at radius 2 is 1.97 bits per heavy atom. The number of halogens is 1. The second kappa shape index (κ2) is 15.2. The Morgan fingerprint density at radius 1 is 1.24 bits per heavy atom. The van der Waals surface area contributed by atoms with Crippen molar-refractivity contribution >= 4 is 35.8 Å². The van der Waals surface area contributed by atoms with Gasteiger partial charge in [0.25, 0.3) is 0 Å². The number of aliphatic imine (C=N–C) groups is 1. The normalized spacial score (nSPS) is 11.9. The number of methoxy groups -OCH3 is 1. The molecule has 7 nitrogen and oxygen atoms in total. The van der Waals surface area contributed by atoms with Gasteiger partial charge in [-0.3, -0.25) is 4.79 Å². The first-order valence-electron chi connectivity index (χ1n) is 9.95. The molecule has 1 unspecified atom stereocenters. The summed E-state index contributed by atoms with van der Waals surface area (Å²) in [4.78, 5) is 17.7. The van der Waals surface area contributed by atoms with Crippen molar-refractivity contribution in [2.45, 2.75) is 46.1 Å². The number of amides is 1. The number of ether oxygens (including phenoxy) is 2. The van der Waals surface area contributed by atoms with Crippen LogP contribution in [0.5, 0.6) is 11.5 Å². The van der Waals surface area contributed by atoms with Gasteiger partial charge >= 0.3 is 0 Å². The molecule has 0 fully saturated rings. The van der Waals surface area contributed by atoms with E-state index in [9.17, 15) is 4.79 Å². The van der Waals surface area contributed by atoms with Crippen molar-refractivity contribution < 1.29 is 14.3 Å². The van der Waals surface area contributed by atoms with E-state index in [-0.39, 0.29) is 42.5 Å². The average molecular weight is 520 g/mol. The molecule has 29 heavy (non-hydrogen) atoms. The third-order valence-corrected chi connectivity index (χ3v) is 4.33. The van der Waals surface area contributed by atoms with Crippen molar-refractivity contribution in [1.82, 2.24) is 15.5 Å². The molecule has 1 aromatic carbocycles. The van der Waals surface area contributed by atoms with E-state index in [1.165, 1.54) is 5.56 Å². The molecule has 0 bridgehead atoms. The maximum atomic E-state index is 11.8. The number of nitrogens with zero attached hydrogens (tertiary/aromatic N) is 2. The SMILES string of the molecule is CCOc1cc(CCCNC(=NCC(=O)N(C)C)NC(C)CC)ccc1OC.I. The molecule has 1 amide bonds. The molecule has 0 radical (unpaired) electrons. The lowest BCUT2D eigenvalue weighted by atomic mass is 10.1. The summed E-state index contributed by atoms with van der Waals surface area (Å²) in [6, 6.07) is 6.32. The van der Waals surface area contributed by atoms with E-state index in [2.05, 4.69) is 35.5 Å². The lowest BCUT2D eigenvalue weighted by Crippen LogP contribution is -2.43. The molecule has 0 aliphatic rings. The fraction of sp³-hybridized carbons (Fsp3) is 0.619. The van der Waals surface area contributed by atoms with Crippen LogP contribution in [0.15, 0.2) is 23.2 Å². The molecule has 0 spiro atoms. The van der Waals surface area contributed by atoms with E-state index in [1.54, 1.807) is 26.1 Å². The van der Waals surface area contributed by atoms with E-state index in [0.29, 0.717) is 12.6 Å². The van der Waals surface area contributed by atoms with Crippen LogP contribution in [0.4, 0.5) is 0 Å². The third kappa shape index (κ3) is 10.6. The van der Waals surface area contributed by atoms with Crippen molar-refractivity contribution in [2.75, 3.05) is 40.9 Å². The van der Waals surface area contributed by atoms with Gasteiger partial charge in [0, 0.05) is 26.7 Å². The molecule has 0 aliphatic carbocycles. The number of guanidine groups is 1. The lowest BCUT2D eigenvalue weighted by molar-refractivity contribution is -0.127. The van der Waals surface area contributed by atoms with Gasteiger partial charge in [-0.25, -0.2) is 4.99 Å². The van der Waals surface area contributed by atoms with E-state index in [0.717, 1.165) is 37.3 Å². The van der Waals surface area contributed by atoms with E-state index >= 15 is 0 Å². The Bertz CT molecular complexity index is 638. The number of hydrogen-bond acceptors (Lipinski definition) is 4. The van der Waals surface area contributed by atoms with E-state index in [1.807, 2.05) is 19.1 Å². The Kier molecular flexibility index (Phi) is 14.3. The zero-order valence-electron chi connectivity index (χ0n) is 18.6. The predicted octanol–water partition coefficient (Wildman–Crippen LogP) is 3.07. The first kappa shape index (κ1) is 27.3. The van der Waals surface area contributed by atoms with Crippen molar-refractivity contribution in [2.24, 2.45) is 4.99 Å². The largest absolute Gasteiger partial charge is 0.493 e. The lowest BCUT2D eigenvalue weighted by Gasteiger charge is -2.17. The van der Waals surface area contributed by atoms with Crippen molar-refractivity contribution in [1.29, 1.82) is 0 Å². The summed E-state index contributed by atoms with van der Waals surface area (Å²) in [7, 11) is 5.12. The van der Waals surface area contributed by atoms with Crippen LogP contribution in [-0.2, 0) is 11.2 Å². The molecule has 1 atom stereocenters. The summed E-state index contributed by atoms with van der Waals surface area (Å²) in [6.45, 7) is 7.66. The topological polar surface area (TPSA) is 75.2 Å². The number of aryl methyl sites for hydroxylation is 1. The number of benzene rings is 1. The summed E-state index contributed by atoms with van der Waals surface area (Å²) in [6.07, 6.45) is 2.82. The summed E-state index contributed by atoms with van der Waals surface area (Å²) < 4.78 is 11.0. The quantitative estimate of drug-likeness (QED) is 0.203. The molecular weight excluding hydrogens is 483 g/mol. The van der Waals surface area contributed by atoms with Gasteiger partial charge < -0.3 is 25.0 Å². The fourth-order valence-corrected chi connectivity index (χ4v) is 2.42. The number of carbonyl (C=O) groups excluding carboxylic acids is 1. The molecule has 2 N–H and O–H groups in total. The molecule has 0 aliphatic heterocycles. The first-order chi connectivity index (χ1) is 13.4. The Morgan fingerprint density at radius 3 is 2.55 bits per heavy atom. The maximum absolute atomic E-state index is 11.8. The summed E-state index contributed by atoms with van der Waals surface area (Å²) in [5.74, 6) is 2.18. The van der Waals surface area contributed by atoms with Gasteiger partial charge in [0.2, 0.25) is 5.91 Å². The Balaban J connectivity index is 0.00000784. The van der Waals surface area contributed by atoms with Crippen molar-refractivity contribution in [3.05, 3.63) is 23.8 Å². The van der Waals surface area contributed by atoms with Gasteiger partial charge in [0.05, 0.1) is 13.7 Å². The molecule has 1 aromatic rings. The zero-order chi connectivity index (χ0) is 20.9. The average Bonchev–Trinajstić information content (AvgIpc) is 2.68. The van der Waals surface area contributed by atoms with Crippen LogP contribution >= 0.6 is 24.0 Å². The highest BCUT2D eigenvalue weighted by atomic mass is 127. The minimum Gasteiger partial charge on any atom is -0.493 e. The van der Waals surface area contributed by atoms with Crippen LogP contribution in [0.25, 0.3) is 0 Å². The number of carbonyl (C=O) groups is 1. The fourth-order valence-electron chi connectivity index (χ4n) is 2.42. The molecule has 8 heteroatoms. The number of rotatable bonds is 11. The molecule has 0 saturated carbocycles. The van der Waals surface area contributed by atoms with Gasteiger partial charge in [0.15, 0.2) is 17.5 Å². The second-order valence-corrected chi connectivity index (χ2v) is 6.86. The molecule has 0 aromatic heterocycles. The highest BCUT2D eigenvalue weighted by Gasteiger charge is 2.08. The van der Waals surface area contributed by atoms with Crippen LogP contribution in [0.3, 0.4) is 0 Å². The van der Waals surface area contributed by atoms with Gasteiger partial charge in [0.1, 0.15) is 6.54 Å². The smallest absolute Gasteiger partial charge is 0.243 e. The van der Waals surface area contributed by atoms with Crippen LogP contribution in [0, 0.1) is 0 Å². The van der Waals surface area contributed by atoms with Gasteiger partial charge in [-0.05, 0) is 50.8 Å². The van der Waals surface area contributed by atoms with Crippen molar-refractivity contribution in [3.63, 3.8) is 0 Å². The van der Waals surface area contributed by atoms with E-state index < -0.39 is 0 Å². The van der Waals surface area contributed by atoms with E-state index in [4.69, 9.17) is 9.47 Å². The number of hydrogen-bond donors (Lipinski definition) is 2. The standard InChI is InChI=1S/C21H36N4O3.HI/c1-7-16(3)24-21(23-15-20(26)25(4)5)22-13-9-10-17-11-12-18(27-6)19(14-17)28-8-2;/h11-12,14,16H,7-10,13,15H2,1-6H3,(H2,22,23,24);1H.